The third kappa shape index (κ3) is 5.18. The molecule has 0 radical (unpaired) electrons. The first-order valence-corrected chi connectivity index (χ1v) is 8.30. The number of benzene rings is 1. The SMILES string of the molecule is CCCN(CCC)C(=O)C(C#N)Cc1ccc(C(C)C)cc1. The van der Waals surface area contributed by atoms with Crippen LogP contribution in [-0.2, 0) is 11.2 Å². The van der Waals surface area contributed by atoms with Crippen LogP contribution in [0, 0.1) is 17.2 Å². The molecule has 0 aliphatic rings. The van der Waals surface area contributed by atoms with Crippen molar-refractivity contribution in [2.75, 3.05) is 13.1 Å². The average Bonchev–Trinajstić information content (AvgIpc) is 2.52. The number of carbonyl (C=O) groups is 1. The second-order valence-electron chi connectivity index (χ2n) is 6.11. The summed E-state index contributed by atoms with van der Waals surface area (Å²) in [5.74, 6) is -0.116. The van der Waals surface area contributed by atoms with Crippen molar-refractivity contribution < 1.29 is 4.79 Å². The van der Waals surface area contributed by atoms with Crippen LogP contribution in [0.1, 0.15) is 57.6 Å². The molecule has 1 atom stereocenters. The van der Waals surface area contributed by atoms with Crippen molar-refractivity contribution in [3.8, 4) is 6.07 Å². The Morgan fingerprint density at radius 2 is 1.68 bits per heavy atom. The first-order chi connectivity index (χ1) is 10.5. The number of rotatable bonds is 8. The minimum Gasteiger partial charge on any atom is -0.342 e. The highest BCUT2D eigenvalue weighted by Crippen LogP contribution is 2.17. The zero-order chi connectivity index (χ0) is 16.5. The van der Waals surface area contributed by atoms with Crippen LogP contribution in [0.15, 0.2) is 24.3 Å². The lowest BCUT2D eigenvalue weighted by atomic mass is 9.96. The Labute approximate surface area is 134 Å². The summed E-state index contributed by atoms with van der Waals surface area (Å²) in [7, 11) is 0. The Morgan fingerprint density at radius 1 is 1.14 bits per heavy atom. The quantitative estimate of drug-likeness (QED) is 0.724. The van der Waals surface area contributed by atoms with E-state index in [1.807, 2.05) is 17.0 Å². The maximum atomic E-state index is 12.5. The van der Waals surface area contributed by atoms with Gasteiger partial charge in [0, 0.05) is 13.1 Å². The van der Waals surface area contributed by atoms with Gasteiger partial charge in [-0.25, -0.2) is 0 Å². The zero-order valence-corrected chi connectivity index (χ0v) is 14.3. The number of carbonyl (C=O) groups excluding carboxylic acids is 1. The predicted molar refractivity (Wildman–Crippen MR) is 90.5 cm³/mol. The maximum Gasteiger partial charge on any atom is 0.240 e. The number of amides is 1. The van der Waals surface area contributed by atoms with E-state index in [2.05, 4.69) is 45.9 Å². The molecule has 0 heterocycles. The van der Waals surface area contributed by atoms with Crippen LogP contribution >= 0.6 is 0 Å². The van der Waals surface area contributed by atoms with Crippen molar-refractivity contribution in [3.63, 3.8) is 0 Å². The molecule has 0 N–H and O–H groups in total. The van der Waals surface area contributed by atoms with Crippen molar-refractivity contribution in [1.29, 1.82) is 5.26 Å². The minimum atomic E-state index is -0.581. The molecule has 0 bridgehead atoms. The summed E-state index contributed by atoms with van der Waals surface area (Å²) in [6, 6.07) is 10.5. The molecule has 0 aliphatic carbocycles. The second-order valence-corrected chi connectivity index (χ2v) is 6.11. The summed E-state index contributed by atoms with van der Waals surface area (Å²) in [6.07, 6.45) is 2.34. The van der Waals surface area contributed by atoms with E-state index in [1.165, 1.54) is 5.56 Å². The highest BCUT2D eigenvalue weighted by atomic mass is 16.2. The number of nitriles is 1. The molecule has 3 nitrogen and oxygen atoms in total. The van der Waals surface area contributed by atoms with Crippen molar-refractivity contribution >= 4 is 5.91 Å². The van der Waals surface area contributed by atoms with Crippen LogP contribution in [0.3, 0.4) is 0 Å². The fourth-order valence-corrected chi connectivity index (χ4v) is 2.55. The molecular weight excluding hydrogens is 272 g/mol. The number of hydrogen-bond acceptors (Lipinski definition) is 2. The molecule has 1 aromatic carbocycles. The summed E-state index contributed by atoms with van der Waals surface area (Å²) in [6.45, 7) is 9.90. The van der Waals surface area contributed by atoms with Gasteiger partial charge in [0.25, 0.3) is 0 Å². The van der Waals surface area contributed by atoms with Crippen LogP contribution in [-0.4, -0.2) is 23.9 Å². The van der Waals surface area contributed by atoms with Gasteiger partial charge in [-0.1, -0.05) is 52.0 Å². The highest BCUT2D eigenvalue weighted by Gasteiger charge is 2.23. The fourth-order valence-electron chi connectivity index (χ4n) is 2.55. The molecule has 0 spiro atoms. The van der Waals surface area contributed by atoms with E-state index in [1.54, 1.807) is 0 Å². The molecule has 0 aliphatic heterocycles. The van der Waals surface area contributed by atoms with Crippen LogP contribution in [0.5, 0.6) is 0 Å². The third-order valence-corrected chi connectivity index (χ3v) is 3.84. The monoisotopic (exact) mass is 300 g/mol. The van der Waals surface area contributed by atoms with Crippen molar-refractivity contribution in [1.82, 2.24) is 4.90 Å². The molecular formula is C19H28N2O. The Balaban J connectivity index is 2.78. The molecule has 1 amide bonds. The summed E-state index contributed by atoms with van der Waals surface area (Å²) in [5, 5.41) is 9.39. The molecule has 0 fully saturated rings. The largest absolute Gasteiger partial charge is 0.342 e. The molecule has 120 valence electrons. The van der Waals surface area contributed by atoms with Gasteiger partial charge >= 0.3 is 0 Å². The van der Waals surface area contributed by atoms with E-state index in [-0.39, 0.29) is 5.91 Å². The smallest absolute Gasteiger partial charge is 0.240 e. The van der Waals surface area contributed by atoms with E-state index in [9.17, 15) is 10.1 Å². The Bertz CT molecular complexity index is 493. The zero-order valence-electron chi connectivity index (χ0n) is 14.3. The van der Waals surface area contributed by atoms with E-state index in [4.69, 9.17) is 0 Å². The standard InChI is InChI=1S/C19H28N2O/c1-5-11-21(12-6-2)19(22)18(14-20)13-16-7-9-17(10-8-16)15(3)4/h7-10,15,18H,5-6,11-13H2,1-4H3. The van der Waals surface area contributed by atoms with Gasteiger partial charge in [-0.3, -0.25) is 4.79 Å². The minimum absolute atomic E-state index is 0.0286. The van der Waals surface area contributed by atoms with E-state index >= 15 is 0 Å². The van der Waals surface area contributed by atoms with Gasteiger partial charge in [-0.2, -0.15) is 5.26 Å². The van der Waals surface area contributed by atoms with E-state index in [0.29, 0.717) is 12.3 Å². The Morgan fingerprint density at radius 3 is 2.09 bits per heavy atom. The molecule has 1 unspecified atom stereocenters. The molecule has 1 rings (SSSR count). The summed E-state index contributed by atoms with van der Waals surface area (Å²) >= 11 is 0. The van der Waals surface area contributed by atoms with E-state index < -0.39 is 5.92 Å². The molecule has 3 heteroatoms. The van der Waals surface area contributed by atoms with Gasteiger partial charge in [-0.15, -0.1) is 0 Å². The average molecular weight is 300 g/mol. The topological polar surface area (TPSA) is 44.1 Å². The maximum absolute atomic E-state index is 12.5. The predicted octanol–water partition coefficient (Wildman–Crippen LogP) is 4.14. The van der Waals surface area contributed by atoms with Crippen LogP contribution in [0.4, 0.5) is 0 Å². The van der Waals surface area contributed by atoms with Crippen LogP contribution < -0.4 is 0 Å². The van der Waals surface area contributed by atoms with Gasteiger partial charge in [0.2, 0.25) is 5.91 Å². The number of hydrogen-bond donors (Lipinski definition) is 0. The molecule has 1 aromatic rings. The van der Waals surface area contributed by atoms with Crippen LogP contribution in [0.2, 0.25) is 0 Å². The van der Waals surface area contributed by atoms with E-state index in [0.717, 1.165) is 31.5 Å². The van der Waals surface area contributed by atoms with Gasteiger partial charge in [0.1, 0.15) is 5.92 Å². The molecule has 0 saturated carbocycles. The second kappa shape index (κ2) is 9.25. The highest BCUT2D eigenvalue weighted by molar-refractivity contribution is 5.81. The Hall–Kier alpha value is -1.82. The lowest BCUT2D eigenvalue weighted by Gasteiger charge is -2.24. The summed E-state index contributed by atoms with van der Waals surface area (Å²) in [5.41, 5.74) is 2.33. The van der Waals surface area contributed by atoms with Crippen molar-refractivity contribution in [2.45, 2.75) is 52.9 Å². The summed E-state index contributed by atoms with van der Waals surface area (Å²) < 4.78 is 0. The van der Waals surface area contributed by atoms with Crippen molar-refractivity contribution in [3.05, 3.63) is 35.4 Å². The first kappa shape index (κ1) is 18.2. The van der Waals surface area contributed by atoms with Gasteiger partial charge in [0.05, 0.1) is 6.07 Å². The summed E-state index contributed by atoms with van der Waals surface area (Å²) in [4.78, 5) is 14.4. The molecule has 22 heavy (non-hydrogen) atoms. The lowest BCUT2D eigenvalue weighted by molar-refractivity contribution is -0.133. The lowest BCUT2D eigenvalue weighted by Crippen LogP contribution is -2.37. The molecule has 0 aromatic heterocycles. The van der Waals surface area contributed by atoms with Gasteiger partial charge in [-0.05, 0) is 36.3 Å². The van der Waals surface area contributed by atoms with Gasteiger partial charge < -0.3 is 4.90 Å². The number of nitrogens with zero attached hydrogens (tertiary/aromatic N) is 2. The third-order valence-electron chi connectivity index (χ3n) is 3.84. The molecule has 0 saturated heterocycles. The normalized spacial score (nSPS) is 12.0. The first-order valence-electron chi connectivity index (χ1n) is 8.30. The van der Waals surface area contributed by atoms with Crippen molar-refractivity contribution in [2.24, 2.45) is 5.92 Å². The van der Waals surface area contributed by atoms with Crippen LogP contribution in [0.25, 0.3) is 0 Å². The Kier molecular flexibility index (Phi) is 7.66. The fraction of sp³-hybridized carbons (Fsp3) is 0.579. The van der Waals surface area contributed by atoms with Gasteiger partial charge in [0.15, 0.2) is 0 Å².